The maximum absolute atomic E-state index is 6.23. The van der Waals surface area contributed by atoms with Gasteiger partial charge in [-0.15, -0.1) is 0 Å². The third-order valence-corrected chi connectivity index (χ3v) is 14.1. The largest absolute Gasteiger partial charge is 0.481 e. The van der Waals surface area contributed by atoms with E-state index in [9.17, 15) is 0 Å². The van der Waals surface area contributed by atoms with Crippen LogP contribution in [0.4, 0.5) is 11.4 Å². The quantitative estimate of drug-likeness (QED) is 0.106. The zero-order valence-electron chi connectivity index (χ0n) is 41.2. The maximum atomic E-state index is 6.23. The number of hydrogen-bond donors (Lipinski definition) is 3. The Balaban J connectivity index is 0.000000158. The van der Waals surface area contributed by atoms with E-state index >= 15 is 0 Å². The van der Waals surface area contributed by atoms with E-state index < -0.39 is 0 Å². The number of methoxy groups -OCH3 is 2. The fourth-order valence-electron chi connectivity index (χ4n) is 10.2. The molecule has 4 aromatic carbocycles. The average Bonchev–Trinajstić information content (AvgIpc) is 4.01. The van der Waals surface area contributed by atoms with Gasteiger partial charge in [-0.05, 0) is 137 Å². The van der Waals surface area contributed by atoms with Crippen LogP contribution in [0.1, 0.15) is 54.5 Å². The molecule has 12 rings (SSSR count). The summed E-state index contributed by atoms with van der Waals surface area (Å²) in [5.74, 6) is 1.61. The number of hydrogen-bond acceptors (Lipinski definition) is 12. The lowest BCUT2D eigenvalue weighted by Gasteiger charge is -2.34. The molecule has 0 aliphatic heterocycles. The molecule has 11 aromatic rings. The molecule has 14 heteroatoms. The lowest BCUT2D eigenvalue weighted by molar-refractivity contribution is 0.295. The van der Waals surface area contributed by atoms with E-state index in [2.05, 4.69) is 149 Å². The van der Waals surface area contributed by atoms with Crippen LogP contribution in [0.15, 0.2) is 171 Å². The van der Waals surface area contributed by atoms with Crippen LogP contribution in [0.3, 0.4) is 0 Å². The number of aryl methyl sites for hydroxylation is 2. The third-order valence-electron chi connectivity index (χ3n) is 14.1. The van der Waals surface area contributed by atoms with Crippen molar-refractivity contribution in [1.82, 2.24) is 44.0 Å². The summed E-state index contributed by atoms with van der Waals surface area (Å²) in [5, 5.41) is 9.99. The summed E-state index contributed by atoms with van der Waals surface area (Å²) in [6.45, 7) is 0. The highest BCUT2D eigenvalue weighted by atomic mass is 16.5. The zero-order chi connectivity index (χ0) is 49.8. The van der Waals surface area contributed by atoms with Gasteiger partial charge in [-0.1, -0.05) is 30.3 Å². The molecule has 7 aromatic heterocycles. The smallest absolute Gasteiger partial charge is 0.212 e. The Morgan fingerprint density at radius 3 is 1.56 bits per heavy atom. The van der Waals surface area contributed by atoms with Crippen LogP contribution in [-0.2, 0) is 14.1 Å². The first kappa shape index (κ1) is 46.6. The minimum Gasteiger partial charge on any atom is -0.481 e. The lowest BCUT2D eigenvalue weighted by atomic mass is 9.79. The number of pyridine rings is 3. The Morgan fingerprint density at radius 2 is 1.07 bits per heavy atom. The van der Waals surface area contributed by atoms with Gasteiger partial charge < -0.3 is 35.0 Å². The first-order valence-electron chi connectivity index (χ1n) is 24.6. The van der Waals surface area contributed by atoms with Crippen molar-refractivity contribution in [2.45, 2.75) is 43.8 Å². The van der Waals surface area contributed by atoms with Gasteiger partial charge in [0.15, 0.2) is 0 Å². The Morgan fingerprint density at radius 1 is 0.534 bits per heavy atom. The summed E-state index contributed by atoms with van der Waals surface area (Å²) in [4.78, 5) is 32.0. The molecule has 0 radical (unpaired) electrons. The number of anilines is 2. The van der Waals surface area contributed by atoms with Gasteiger partial charge in [-0.25, -0.2) is 9.97 Å². The molecule has 0 saturated heterocycles. The molecule has 364 valence electrons. The molecule has 1 unspecified atom stereocenters. The summed E-state index contributed by atoms with van der Waals surface area (Å²) < 4.78 is 14.8. The van der Waals surface area contributed by atoms with E-state index in [1.54, 1.807) is 39.0 Å². The Hall–Kier alpha value is -8.75. The lowest BCUT2D eigenvalue weighted by Crippen LogP contribution is -2.31. The van der Waals surface area contributed by atoms with Crippen LogP contribution in [0.2, 0.25) is 0 Å². The number of ether oxygens (including phenoxy) is 2. The highest BCUT2D eigenvalue weighted by Crippen LogP contribution is 2.40. The standard InChI is InChI=1S/C30H26N6O2.C29H30N6/c1-36-13-10-19-4-5-20(14-26(19)36)24-15-23(16-25-30(24)32-12-11-31-25)35-29(21-6-8-27(37-2)33-17-21)22-7-9-28(38-3)34-18-22;1-35-14-10-19-4-5-21(15-27(19)35)25-16-24(17-26-29(25)33-13-12-32-26)34-28(22-3-2-11-31-18-22)20-6-8-23(30)9-7-20/h4-18,29,35H,1-3H3;2-5,10-18,20,23,28,34H,6-9,30H2,1H3. The molecule has 7 heterocycles. The highest BCUT2D eigenvalue weighted by molar-refractivity contribution is 5.98. The number of nitrogens with zero attached hydrogens (tertiary/aromatic N) is 9. The summed E-state index contributed by atoms with van der Waals surface area (Å²) in [7, 11) is 7.35. The molecule has 1 aliphatic carbocycles. The van der Waals surface area contributed by atoms with Gasteiger partial charge in [0.1, 0.15) is 0 Å². The SMILES string of the molecule is COc1ccc(C(Nc2cc(-c3ccc4ccn(C)c4c3)c3nccnc3c2)c2ccc(OC)nc2)cn1.Cn1ccc2ccc(-c3cc(NC(c4cccnc4)C4CCC(N)CC4)cc4nccnc34)cc21. The Labute approximate surface area is 423 Å². The number of nitrogens with one attached hydrogen (secondary N) is 2. The van der Waals surface area contributed by atoms with Gasteiger partial charge in [0.05, 0.1) is 48.4 Å². The highest BCUT2D eigenvalue weighted by Gasteiger charge is 2.28. The van der Waals surface area contributed by atoms with Crippen LogP contribution in [0.25, 0.3) is 66.1 Å². The Bertz CT molecular complexity index is 3640. The summed E-state index contributed by atoms with van der Waals surface area (Å²) in [5.41, 5.74) is 21.4. The fourth-order valence-corrected chi connectivity index (χ4v) is 10.2. The van der Waals surface area contributed by atoms with Gasteiger partial charge >= 0.3 is 0 Å². The molecule has 0 spiro atoms. The summed E-state index contributed by atoms with van der Waals surface area (Å²) in [6.07, 6.45) is 22.9. The molecule has 4 N–H and O–H groups in total. The second-order valence-electron chi connectivity index (χ2n) is 18.7. The maximum Gasteiger partial charge on any atom is 0.212 e. The van der Waals surface area contributed by atoms with E-state index in [4.69, 9.17) is 20.2 Å². The summed E-state index contributed by atoms with van der Waals surface area (Å²) >= 11 is 0. The van der Waals surface area contributed by atoms with Gasteiger partial charge in [0.2, 0.25) is 11.8 Å². The number of aromatic nitrogens is 9. The number of nitrogens with two attached hydrogens (primary N) is 1. The van der Waals surface area contributed by atoms with Crippen LogP contribution in [0, 0.1) is 5.92 Å². The van der Waals surface area contributed by atoms with E-state index in [1.807, 2.05) is 61.2 Å². The predicted octanol–water partition coefficient (Wildman–Crippen LogP) is 11.7. The fraction of sp³-hybridized carbons (Fsp3) is 0.203. The van der Waals surface area contributed by atoms with E-state index in [0.717, 1.165) is 98.0 Å². The van der Waals surface area contributed by atoms with Crippen molar-refractivity contribution < 1.29 is 9.47 Å². The van der Waals surface area contributed by atoms with Crippen molar-refractivity contribution in [2.75, 3.05) is 24.9 Å². The molecule has 1 fully saturated rings. The predicted molar refractivity (Wildman–Crippen MR) is 290 cm³/mol. The van der Waals surface area contributed by atoms with Gasteiger partial charge in [0, 0.05) is 128 Å². The molecule has 73 heavy (non-hydrogen) atoms. The van der Waals surface area contributed by atoms with Crippen LogP contribution >= 0.6 is 0 Å². The van der Waals surface area contributed by atoms with E-state index in [1.165, 1.54) is 21.9 Å². The molecule has 0 amide bonds. The van der Waals surface area contributed by atoms with Crippen LogP contribution < -0.4 is 25.8 Å². The second-order valence-corrected chi connectivity index (χ2v) is 18.7. The van der Waals surface area contributed by atoms with Crippen LogP contribution in [-0.4, -0.2) is 64.3 Å². The van der Waals surface area contributed by atoms with Crippen molar-refractivity contribution in [1.29, 1.82) is 0 Å². The van der Waals surface area contributed by atoms with E-state index in [-0.39, 0.29) is 12.1 Å². The van der Waals surface area contributed by atoms with Crippen molar-refractivity contribution >= 4 is 55.2 Å². The van der Waals surface area contributed by atoms with Crippen LogP contribution in [0.5, 0.6) is 11.8 Å². The minimum atomic E-state index is -0.232. The molecule has 1 atom stereocenters. The third kappa shape index (κ3) is 9.84. The van der Waals surface area contributed by atoms with Crippen molar-refractivity contribution in [3.63, 3.8) is 0 Å². The Kier molecular flexibility index (Phi) is 13.1. The zero-order valence-corrected chi connectivity index (χ0v) is 41.2. The molecular weight excluding hydrogens is 909 g/mol. The van der Waals surface area contributed by atoms with Gasteiger partial charge in [-0.2, -0.15) is 0 Å². The molecule has 14 nitrogen and oxygen atoms in total. The number of benzene rings is 4. The monoisotopic (exact) mass is 964 g/mol. The average molecular weight is 965 g/mol. The first-order valence-corrected chi connectivity index (χ1v) is 24.6. The summed E-state index contributed by atoms with van der Waals surface area (Å²) in [6, 6.07) is 37.9. The van der Waals surface area contributed by atoms with Crippen molar-refractivity contribution in [3.8, 4) is 34.0 Å². The molecule has 1 saturated carbocycles. The molecule has 1 aliphatic rings. The van der Waals surface area contributed by atoms with Crippen molar-refractivity contribution in [3.05, 3.63) is 188 Å². The van der Waals surface area contributed by atoms with E-state index in [0.29, 0.717) is 23.7 Å². The first-order chi connectivity index (χ1) is 35.8. The number of rotatable bonds is 12. The number of fused-ring (bicyclic) bond motifs is 4. The molecular formula is C59H56N12O2. The van der Waals surface area contributed by atoms with Crippen molar-refractivity contribution in [2.24, 2.45) is 25.7 Å². The second kappa shape index (κ2) is 20.5. The van der Waals surface area contributed by atoms with Gasteiger partial charge in [-0.3, -0.25) is 24.9 Å². The normalized spacial score (nSPS) is 15.0. The molecule has 0 bridgehead atoms. The van der Waals surface area contributed by atoms with Gasteiger partial charge in [0.25, 0.3) is 0 Å². The minimum absolute atomic E-state index is 0.161. The topological polar surface area (TPSA) is 169 Å².